The number of carbonyl (C=O) groups excluding carboxylic acids is 3. The first-order valence-corrected chi connectivity index (χ1v) is 6.21. The third-order valence-electron chi connectivity index (χ3n) is 3.20. The van der Waals surface area contributed by atoms with Crippen LogP contribution in [0.4, 0.5) is 4.79 Å². The minimum Gasteiger partial charge on any atom is -0.378 e. The molecule has 1 aromatic carbocycles. The van der Waals surface area contributed by atoms with E-state index < -0.39 is 17.9 Å². The molecule has 0 radical (unpaired) electrons. The molecule has 0 unspecified atom stereocenters. The molecule has 1 fully saturated rings. The van der Waals surface area contributed by atoms with Crippen molar-refractivity contribution in [1.82, 2.24) is 9.96 Å². The Morgan fingerprint density at radius 3 is 2.15 bits per heavy atom. The van der Waals surface area contributed by atoms with Crippen LogP contribution in [-0.4, -0.2) is 54.2 Å². The fraction of sp³-hybridized carbons (Fsp3) is 0.308. The first-order valence-electron chi connectivity index (χ1n) is 6.21. The molecule has 2 aliphatic rings. The van der Waals surface area contributed by atoms with Crippen LogP contribution in [0, 0.1) is 0 Å². The number of benzene rings is 1. The van der Waals surface area contributed by atoms with Crippen LogP contribution in [0.5, 0.6) is 0 Å². The van der Waals surface area contributed by atoms with E-state index in [9.17, 15) is 14.4 Å². The molecule has 0 atom stereocenters. The van der Waals surface area contributed by atoms with Crippen LogP contribution < -0.4 is 0 Å². The summed E-state index contributed by atoms with van der Waals surface area (Å²) in [5.41, 5.74) is 0.486. The van der Waals surface area contributed by atoms with Crippen LogP contribution in [0.1, 0.15) is 20.7 Å². The Morgan fingerprint density at radius 2 is 1.60 bits per heavy atom. The van der Waals surface area contributed by atoms with Gasteiger partial charge in [-0.15, -0.1) is 0 Å². The highest BCUT2D eigenvalue weighted by Crippen LogP contribution is 2.23. The average molecular weight is 276 g/mol. The lowest BCUT2D eigenvalue weighted by Crippen LogP contribution is -2.44. The van der Waals surface area contributed by atoms with Gasteiger partial charge in [0, 0.05) is 13.1 Å². The van der Waals surface area contributed by atoms with Gasteiger partial charge in [-0.25, -0.2) is 4.79 Å². The zero-order valence-electron chi connectivity index (χ0n) is 10.6. The molecule has 20 heavy (non-hydrogen) atoms. The molecule has 1 saturated heterocycles. The number of imide groups is 1. The van der Waals surface area contributed by atoms with E-state index in [0.717, 1.165) is 0 Å². The van der Waals surface area contributed by atoms with Crippen molar-refractivity contribution in [3.05, 3.63) is 35.4 Å². The van der Waals surface area contributed by atoms with E-state index in [-0.39, 0.29) is 11.1 Å². The summed E-state index contributed by atoms with van der Waals surface area (Å²) in [6, 6.07) is 6.35. The molecule has 0 saturated carbocycles. The van der Waals surface area contributed by atoms with Crippen molar-refractivity contribution in [2.24, 2.45) is 0 Å². The summed E-state index contributed by atoms with van der Waals surface area (Å²) in [7, 11) is 0. The van der Waals surface area contributed by atoms with E-state index in [4.69, 9.17) is 9.57 Å². The first kappa shape index (κ1) is 12.6. The summed E-state index contributed by atoms with van der Waals surface area (Å²) < 4.78 is 5.12. The van der Waals surface area contributed by atoms with Gasteiger partial charge in [-0.05, 0) is 12.1 Å². The Balaban J connectivity index is 1.74. The lowest BCUT2D eigenvalue weighted by molar-refractivity contribution is -0.0657. The quantitative estimate of drug-likeness (QED) is 0.704. The van der Waals surface area contributed by atoms with Gasteiger partial charge in [-0.3, -0.25) is 9.59 Å². The van der Waals surface area contributed by atoms with Gasteiger partial charge in [0.05, 0.1) is 24.3 Å². The summed E-state index contributed by atoms with van der Waals surface area (Å²) >= 11 is 0. The molecule has 3 amide bonds. The standard InChI is InChI=1S/C13H12N2O5/c16-11-9-3-1-2-4-10(9)12(17)15(11)20-13(18)14-5-7-19-8-6-14/h1-4H,5-8H2. The maximum Gasteiger partial charge on any atom is 0.434 e. The maximum atomic E-state index is 12.0. The normalized spacial score (nSPS) is 18.2. The molecular weight excluding hydrogens is 264 g/mol. The van der Waals surface area contributed by atoms with E-state index in [1.54, 1.807) is 12.1 Å². The van der Waals surface area contributed by atoms with Crippen molar-refractivity contribution in [2.45, 2.75) is 0 Å². The molecule has 104 valence electrons. The van der Waals surface area contributed by atoms with Crippen molar-refractivity contribution in [1.29, 1.82) is 0 Å². The van der Waals surface area contributed by atoms with Crippen molar-refractivity contribution < 1.29 is 24.0 Å². The summed E-state index contributed by atoms with van der Waals surface area (Å²) in [6.45, 7) is 1.58. The smallest absolute Gasteiger partial charge is 0.378 e. The number of fused-ring (bicyclic) bond motifs is 1. The molecule has 3 rings (SSSR count). The molecule has 0 spiro atoms. The fourth-order valence-corrected chi connectivity index (χ4v) is 2.13. The number of hydrogen-bond acceptors (Lipinski definition) is 5. The van der Waals surface area contributed by atoms with Gasteiger partial charge >= 0.3 is 6.09 Å². The zero-order chi connectivity index (χ0) is 14.1. The maximum absolute atomic E-state index is 12.0. The van der Waals surface area contributed by atoms with Crippen molar-refractivity contribution >= 4 is 17.9 Å². The predicted molar refractivity (Wildman–Crippen MR) is 65.8 cm³/mol. The Kier molecular flexibility index (Phi) is 3.11. The minimum absolute atomic E-state index is 0.243. The number of morpholine rings is 1. The van der Waals surface area contributed by atoms with Crippen LogP contribution in [0.15, 0.2) is 24.3 Å². The molecule has 0 bridgehead atoms. The fourth-order valence-electron chi connectivity index (χ4n) is 2.13. The molecular formula is C13H12N2O5. The number of ether oxygens (including phenoxy) is 1. The number of nitrogens with zero attached hydrogens (tertiary/aromatic N) is 2. The van der Waals surface area contributed by atoms with E-state index in [0.29, 0.717) is 31.4 Å². The van der Waals surface area contributed by atoms with Crippen LogP contribution in [-0.2, 0) is 9.57 Å². The SMILES string of the molecule is O=C(ON1C(=O)c2ccccc2C1=O)N1CCOCC1. The number of carbonyl (C=O) groups is 3. The van der Waals surface area contributed by atoms with E-state index in [2.05, 4.69) is 0 Å². The largest absolute Gasteiger partial charge is 0.434 e. The molecule has 7 heteroatoms. The first-order chi connectivity index (χ1) is 9.68. The lowest BCUT2D eigenvalue weighted by Gasteiger charge is -2.26. The van der Waals surface area contributed by atoms with Crippen LogP contribution >= 0.6 is 0 Å². The van der Waals surface area contributed by atoms with Crippen LogP contribution in [0.3, 0.4) is 0 Å². The second kappa shape index (κ2) is 4.93. The highest BCUT2D eigenvalue weighted by atomic mass is 16.7. The summed E-state index contributed by atoms with van der Waals surface area (Å²) in [6.07, 6.45) is -0.720. The molecule has 2 heterocycles. The van der Waals surface area contributed by atoms with Gasteiger partial charge in [-0.2, -0.15) is 0 Å². The molecule has 0 N–H and O–H groups in total. The van der Waals surface area contributed by atoms with Crippen molar-refractivity contribution in [3.8, 4) is 0 Å². The Hall–Kier alpha value is -2.41. The summed E-state index contributed by atoms with van der Waals surface area (Å²) in [4.78, 5) is 42.2. The third-order valence-corrected chi connectivity index (χ3v) is 3.20. The third kappa shape index (κ3) is 2.01. The number of hydrogen-bond donors (Lipinski definition) is 0. The molecule has 0 aromatic heterocycles. The Morgan fingerprint density at radius 1 is 1.05 bits per heavy atom. The molecule has 0 aliphatic carbocycles. The minimum atomic E-state index is -0.720. The average Bonchev–Trinajstić information content (AvgIpc) is 2.74. The molecule has 2 aliphatic heterocycles. The van der Waals surface area contributed by atoms with E-state index in [1.807, 2.05) is 0 Å². The lowest BCUT2D eigenvalue weighted by atomic mass is 10.1. The second-order valence-electron chi connectivity index (χ2n) is 4.41. The van der Waals surface area contributed by atoms with Crippen LogP contribution in [0.2, 0.25) is 0 Å². The number of amides is 3. The summed E-state index contributed by atoms with van der Waals surface area (Å²) in [5, 5.41) is 0.516. The highest BCUT2D eigenvalue weighted by molar-refractivity contribution is 6.20. The van der Waals surface area contributed by atoms with E-state index in [1.165, 1.54) is 17.0 Å². The molecule has 1 aromatic rings. The van der Waals surface area contributed by atoms with Gasteiger partial charge in [-0.1, -0.05) is 17.2 Å². The van der Waals surface area contributed by atoms with Crippen molar-refractivity contribution in [2.75, 3.05) is 26.3 Å². The zero-order valence-corrected chi connectivity index (χ0v) is 10.6. The highest BCUT2D eigenvalue weighted by Gasteiger charge is 2.39. The Bertz CT molecular complexity index is 545. The van der Waals surface area contributed by atoms with E-state index >= 15 is 0 Å². The monoisotopic (exact) mass is 276 g/mol. The summed E-state index contributed by atoms with van der Waals surface area (Å²) in [5.74, 6) is -1.24. The number of hydroxylamine groups is 2. The van der Waals surface area contributed by atoms with Crippen molar-refractivity contribution in [3.63, 3.8) is 0 Å². The predicted octanol–water partition coefficient (Wildman–Crippen LogP) is 0.666. The molecule has 7 nitrogen and oxygen atoms in total. The van der Waals surface area contributed by atoms with Crippen LogP contribution in [0.25, 0.3) is 0 Å². The van der Waals surface area contributed by atoms with Gasteiger partial charge in [0.2, 0.25) is 0 Å². The number of rotatable bonds is 1. The van der Waals surface area contributed by atoms with Gasteiger partial charge in [0.15, 0.2) is 0 Å². The van der Waals surface area contributed by atoms with Gasteiger partial charge < -0.3 is 14.5 Å². The van der Waals surface area contributed by atoms with Gasteiger partial charge in [0.25, 0.3) is 11.8 Å². The Labute approximate surface area is 114 Å². The van der Waals surface area contributed by atoms with Gasteiger partial charge in [0.1, 0.15) is 0 Å². The topological polar surface area (TPSA) is 76.2 Å². The second-order valence-corrected chi connectivity index (χ2v) is 4.41.